The highest BCUT2D eigenvalue weighted by Gasteiger charge is 2.53. The summed E-state index contributed by atoms with van der Waals surface area (Å²) in [6.07, 6.45) is 9.80. The summed E-state index contributed by atoms with van der Waals surface area (Å²) in [6.45, 7) is 2.73. The van der Waals surface area contributed by atoms with Crippen LogP contribution in [0.4, 0.5) is 0 Å². The molecule has 2 aliphatic rings. The third kappa shape index (κ3) is 3.93. The zero-order chi connectivity index (χ0) is 13.6. The molecular weight excluding hydrogens is 308 g/mol. The van der Waals surface area contributed by atoms with Crippen LogP contribution in [0.3, 0.4) is 0 Å². The number of alkyl halides is 1. The monoisotopic (exact) mass is 334 g/mol. The van der Waals surface area contributed by atoms with Crippen LogP contribution < -0.4 is 0 Å². The van der Waals surface area contributed by atoms with Gasteiger partial charge in [0.1, 0.15) is 0 Å². The minimum Gasteiger partial charge on any atom is -0.382 e. The van der Waals surface area contributed by atoms with Crippen LogP contribution in [0, 0.1) is 5.41 Å². The first kappa shape index (κ1) is 15.7. The van der Waals surface area contributed by atoms with Crippen molar-refractivity contribution in [1.82, 2.24) is 0 Å². The van der Waals surface area contributed by atoms with E-state index in [1.807, 2.05) is 0 Å². The number of rotatable bonds is 7. The molecule has 1 spiro atoms. The molecule has 0 N–H and O–H groups in total. The zero-order valence-corrected chi connectivity index (χ0v) is 13.6. The van der Waals surface area contributed by atoms with Gasteiger partial charge in [0.15, 0.2) is 0 Å². The SMILES string of the molecule is COCCOCCOC1CC(Br)C12CCCCCC2. The molecule has 0 radical (unpaired) electrons. The van der Waals surface area contributed by atoms with E-state index in [4.69, 9.17) is 14.2 Å². The molecular formula is C15H27BrO3. The fourth-order valence-corrected chi connectivity index (χ4v) is 4.54. The average molecular weight is 335 g/mol. The predicted molar refractivity (Wildman–Crippen MR) is 79.9 cm³/mol. The summed E-state index contributed by atoms with van der Waals surface area (Å²) in [4.78, 5) is 0.664. The van der Waals surface area contributed by atoms with Crippen molar-refractivity contribution >= 4 is 15.9 Å². The van der Waals surface area contributed by atoms with Gasteiger partial charge in [0, 0.05) is 17.4 Å². The van der Waals surface area contributed by atoms with Gasteiger partial charge in [0.2, 0.25) is 0 Å². The Morgan fingerprint density at radius 1 is 1.00 bits per heavy atom. The fourth-order valence-electron chi connectivity index (χ4n) is 3.45. The third-order valence-corrected chi connectivity index (χ3v) is 5.98. The van der Waals surface area contributed by atoms with E-state index in [0.29, 0.717) is 36.2 Å². The molecule has 0 bridgehead atoms. The van der Waals surface area contributed by atoms with E-state index in [0.717, 1.165) is 13.0 Å². The molecule has 2 saturated carbocycles. The Labute approximate surface area is 125 Å². The maximum Gasteiger partial charge on any atom is 0.0704 e. The van der Waals surface area contributed by atoms with Gasteiger partial charge in [-0.3, -0.25) is 0 Å². The highest BCUT2D eigenvalue weighted by Crippen LogP contribution is 2.55. The van der Waals surface area contributed by atoms with Gasteiger partial charge in [0.05, 0.1) is 32.5 Å². The summed E-state index contributed by atoms with van der Waals surface area (Å²) >= 11 is 3.87. The van der Waals surface area contributed by atoms with E-state index in [1.165, 1.54) is 38.5 Å². The molecule has 2 aliphatic carbocycles. The zero-order valence-electron chi connectivity index (χ0n) is 12.0. The van der Waals surface area contributed by atoms with E-state index >= 15 is 0 Å². The first-order valence-corrected chi connectivity index (χ1v) is 8.53. The van der Waals surface area contributed by atoms with Crippen molar-refractivity contribution in [2.45, 2.75) is 55.9 Å². The van der Waals surface area contributed by atoms with E-state index in [-0.39, 0.29) is 0 Å². The number of halogens is 1. The van der Waals surface area contributed by atoms with Gasteiger partial charge in [-0.2, -0.15) is 0 Å². The van der Waals surface area contributed by atoms with Crippen LogP contribution in [0.1, 0.15) is 44.9 Å². The van der Waals surface area contributed by atoms with Crippen molar-refractivity contribution in [3.05, 3.63) is 0 Å². The maximum absolute atomic E-state index is 6.08. The molecule has 2 unspecified atom stereocenters. The lowest BCUT2D eigenvalue weighted by atomic mass is 9.61. The molecule has 4 heteroatoms. The van der Waals surface area contributed by atoms with E-state index in [1.54, 1.807) is 7.11 Å². The van der Waals surface area contributed by atoms with E-state index in [2.05, 4.69) is 15.9 Å². The smallest absolute Gasteiger partial charge is 0.0704 e. The Bertz CT molecular complexity index is 252. The van der Waals surface area contributed by atoms with Gasteiger partial charge in [0.25, 0.3) is 0 Å². The van der Waals surface area contributed by atoms with E-state index < -0.39 is 0 Å². The Hall–Kier alpha value is 0.360. The maximum atomic E-state index is 6.08. The van der Waals surface area contributed by atoms with Crippen LogP contribution in [-0.4, -0.2) is 44.5 Å². The van der Waals surface area contributed by atoms with Crippen molar-refractivity contribution in [1.29, 1.82) is 0 Å². The number of hydrogen-bond donors (Lipinski definition) is 0. The highest BCUT2D eigenvalue weighted by atomic mass is 79.9. The second-order valence-corrected chi connectivity index (χ2v) is 6.92. The van der Waals surface area contributed by atoms with Crippen LogP contribution >= 0.6 is 15.9 Å². The molecule has 112 valence electrons. The molecule has 0 aromatic heterocycles. The number of ether oxygens (including phenoxy) is 3. The van der Waals surface area contributed by atoms with Crippen LogP contribution in [0.2, 0.25) is 0 Å². The Morgan fingerprint density at radius 2 is 1.68 bits per heavy atom. The lowest BCUT2D eigenvalue weighted by Crippen LogP contribution is -2.55. The standard InChI is InChI=1S/C15H27BrO3/c1-17-8-9-18-10-11-19-14-12-13(16)15(14)6-4-2-3-5-7-15/h13-14H,2-12H2,1H3. The predicted octanol–water partition coefficient (Wildman–Crippen LogP) is 3.54. The van der Waals surface area contributed by atoms with Crippen LogP contribution in [0.5, 0.6) is 0 Å². The molecule has 2 fully saturated rings. The Kier molecular flexibility index (Phi) is 6.60. The first-order chi connectivity index (χ1) is 9.29. The second-order valence-electron chi connectivity index (χ2n) is 5.82. The minimum atomic E-state index is 0.420. The summed E-state index contributed by atoms with van der Waals surface area (Å²) in [6, 6.07) is 0. The summed E-state index contributed by atoms with van der Waals surface area (Å²) in [7, 11) is 1.69. The van der Waals surface area contributed by atoms with Crippen molar-refractivity contribution < 1.29 is 14.2 Å². The summed E-state index contributed by atoms with van der Waals surface area (Å²) < 4.78 is 16.5. The lowest BCUT2D eigenvalue weighted by molar-refractivity contribution is -0.122. The molecule has 2 atom stereocenters. The molecule has 0 heterocycles. The van der Waals surface area contributed by atoms with Gasteiger partial charge >= 0.3 is 0 Å². The van der Waals surface area contributed by atoms with Gasteiger partial charge in [-0.05, 0) is 19.3 Å². The normalized spacial score (nSPS) is 30.0. The summed E-state index contributed by atoms with van der Waals surface area (Å²) in [5, 5.41) is 0. The van der Waals surface area contributed by atoms with E-state index in [9.17, 15) is 0 Å². The lowest BCUT2D eigenvalue weighted by Gasteiger charge is -2.53. The molecule has 19 heavy (non-hydrogen) atoms. The molecule has 0 aromatic carbocycles. The van der Waals surface area contributed by atoms with Crippen molar-refractivity contribution in [3.8, 4) is 0 Å². The number of methoxy groups -OCH3 is 1. The molecule has 0 aromatic rings. The summed E-state index contributed by atoms with van der Waals surface area (Å²) in [5.41, 5.74) is 0.420. The summed E-state index contributed by atoms with van der Waals surface area (Å²) in [5.74, 6) is 0. The van der Waals surface area contributed by atoms with Gasteiger partial charge in [-0.1, -0.05) is 41.6 Å². The van der Waals surface area contributed by atoms with Crippen molar-refractivity contribution in [2.24, 2.45) is 5.41 Å². The Balaban J connectivity index is 1.68. The average Bonchev–Trinajstić information content (AvgIpc) is 2.69. The minimum absolute atomic E-state index is 0.420. The molecule has 0 saturated heterocycles. The molecule has 2 rings (SSSR count). The Morgan fingerprint density at radius 3 is 2.32 bits per heavy atom. The topological polar surface area (TPSA) is 27.7 Å². The largest absolute Gasteiger partial charge is 0.382 e. The molecule has 0 amide bonds. The van der Waals surface area contributed by atoms with Gasteiger partial charge < -0.3 is 14.2 Å². The number of hydrogen-bond acceptors (Lipinski definition) is 3. The molecule has 0 aliphatic heterocycles. The molecule has 3 nitrogen and oxygen atoms in total. The fraction of sp³-hybridized carbons (Fsp3) is 1.00. The second kappa shape index (κ2) is 7.96. The first-order valence-electron chi connectivity index (χ1n) is 7.62. The third-order valence-electron chi connectivity index (χ3n) is 4.70. The quantitative estimate of drug-likeness (QED) is 0.526. The van der Waals surface area contributed by atoms with Crippen molar-refractivity contribution in [3.63, 3.8) is 0 Å². The van der Waals surface area contributed by atoms with Gasteiger partial charge in [-0.25, -0.2) is 0 Å². The van der Waals surface area contributed by atoms with Crippen LogP contribution in [0.15, 0.2) is 0 Å². The van der Waals surface area contributed by atoms with Crippen molar-refractivity contribution in [2.75, 3.05) is 33.5 Å². The highest BCUT2D eigenvalue weighted by molar-refractivity contribution is 9.09. The van der Waals surface area contributed by atoms with Crippen LogP contribution in [0.25, 0.3) is 0 Å². The van der Waals surface area contributed by atoms with Crippen LogP contribution in [-0.2, 0) is 14.2 Å². The van der Waals surface area contributed by atoms with Gasteiger partial charge in [-0.15, -0.1) is 0 Å².